The number of hydrogen-bond donors (Lipinski definition) is 1. The highest BCUT2D eigenvalue weighted by molar-refractivity contribution is 5.42. The van der Waals surface area contributed by atoms with E-state index in [9.17, 15) is 0 Å². The van der Waals surface area contributed by atoms with Gasteiger partial charge in [-0.05, 0) is 44.3 Å². The Balaban J connectivity index is 2.03. The van der Waals surface area contributed by atoms with Crippen LogP contribution >= 0.6 is 0 Å². The van der Waals surface area contributed by atoms with Crippen molar-refractivity contribution in [1.82, 2.24) is 4.90 Å². The molecule has 0 aliphatic carbocycles. The normalized spacial score (nSPS) is 21.6. The summed E-state index contributed by atoms with van der Waals surface area (Å²) >= 11 is 0. The monoisotopic (exact) mass is 292 g/mol. The molecular formula is C17H28N2O2. The third-order valence-corrected chi connectivity index (χ3v) is 4.40. The van der Waals surface area contributed by atoms with Crippen LogP contribution in [0.1, 0.15) is 37.8 Å². The molecule has 1 saturated heterocycles. The fraction of sp³-hybridized carbons (Fsp3) is 0.647. The number of methoxy groups -OCH3 is 2. The highest BCUT2D eigenvalue weighted by Crippen LogP contribution is 2.29. The summed E-state index contributed by atoms with van der Waals surface area (Å²) in [5.74, 6) is 2.44. The number of nitrogens with two attached hydrogens (primary N) is 1. The van der Waals surface area contributed by atoms with E-state index >= 15 is 0 Å². The largest absolute Gasteiger partial charge is 0.497 e. The lowest BCUT2D eigenvalue weighted by Gasteiger charge is -2.25. The van der Waals surface area contributed by atoms with Gasteiger partial charge in [-0.2, -0.15) is 0 Å². The van der Waals surface area contributed by atoms with Gasteiger partial charge >= 0.3 is 0 Å². The molecule has 2 unspecified atom stereocenters. The first-order chi connectivity index (χ1) is 10.1. The lowest BCUT2D eigenvalue weighted by atomic mass is 10.0. The van der Waals surface area contributed by atoms with E-state index in [0.29, 0.717) is 0 Å². The van der Waals surface area contributed by atoms with Crippen molar-refractivity contribution in [2.24, 2.45) is 11.7 Å². The summed E-state index contributed by atoms with van der Waals surface area (Å²) < 4.78 is 10.7. The van der Waals surface area contributed by atoms with Crippen molar-refractivity contribution in [2.75, 3.05) is 33.9 Å². The van der Waals surface area contributed by atoms with Gasteiger partial charge in [-0.15, -0.1) is 0 Å². The van der Waals surface area contributed by atoms with Crippen LogP contribution in [0.25, 0.3) is 0 Å². The first-order valence-corrected chi connectivity index (χ1v) is 7.84. The van der Waals surface area contributed by atoms with Gasteiger partial charge in [0.15, 0.2) is 0 Å². The summed E-state index contributed by atoms with van der Waals surface area (Å²) in [4.78, 5) is 2.48. The first kappa shape index (κ1) is 16.1. The van der Waals surface area contributed by atoms with Crippen LogP contribution in [0.2, 0.25) is 0 Å². The van der Waals surface area contributed by atoms with Gasteiger partial charge in [-0.3, -0.25) is 0 Å². The molecule has 0 bridgehead atoms. The third-order valence-electron chi connectivity index (χ3n) is 4.40. The molecule has 21 heavy (non-hydrogen) atoms. The Kier molecular flexibility index (Phi) is 5.88. The second-order valence-corrected chi connectivity index (χ2v) is 6.05. The summed E-state index contributed by atoms with van der Waals surface area (Å²) in [6.07, 6.45) is 3.87. The molecule has 0 radical (unpaired) electrons. The van der Waals surface area contributed by atoms with Gasteiger partial charge in [0.25, 0.3) is 0 Å². The Morgan fingerprint density at radius 3 is 2.76 bits per heavy atom. The maximum absolute atomic E-state index is 6.42. The van der Waals surface area contributed by atoms with E-state index < -0.39 is 0 Å². The molecule has 2 rings (SSSR count). The Bertz CT molecular complexity index is 450. The Labute approximate surface area is 128 Å². The zero-order valence-electron chi connectivity index (χ0n) is 13.5. The predicted octanol–water partition coefficient (Wildman–Crippen LogP) is 2.83. The van der Waals surface area contributed by atoms with Crippen molar-refractivity contribution in [3.63, 3.8) is 0 Å². The summed E-state index contributed by atoms with van der Waals surface area (Å²) in [6, 6.07) is 5.84. The smallest absolute Gasteiger partial charge is 0.127 e. The summed E-state index contributed by atoms with van der Waals surface area (Å²) in [7, 11) is 3.34. The van der Waals surface area contributed by atoms with Crippen LogP contribution in [0.3, 0.4) is 0 Å². The average molecular weight is 292 g/mol. The molecule has 2 atom stereocenters. The number of ether oxygens (including phenoxy) is 2. The van der Waals surface area contributed by atoms with E-state index in [1.165, 1.54) is 19.3 Å². The molecule has 0 spiro atoms. The van der Waals surface area contributed by atoms with E-state index in [1.807, 2.05) is 18.2 Å². The first-order valence-electron chi connectivity index (χ1n) is 7.84. The van der Waals surface area contributed by atoms with Crippen molar-refractivity contribution in [2.45, 2.75) is 32.2 Å². The topological polar surface area (TPSA) is 47.7 Å². The Hall–Kier alpha value is -1.26. The van der Waals surface area contributed by atoms with Gasteiger partial charge in [0.05, 0.1) is 14.2 Å². The lowest BCUT2D eigenvalue weighted by Crippen LogP contribution is -2.33. The van der Waals surface area contributed by atoms with E-state index in [0.717, 1.165) is 42.6 Å². The lowest BCUT2D eigenvalue weighted by molar-refractivity contribution is 0.262. The van der Waals surface area contributed by atoms with Crippen LogP contribution < -0.4 is 15.2 Å². The van der Waals surface area contributed by atoms with Crippen molar-refractivity contribution in [3.8, 4) is 11.5 Å². The molecule has 1 heterocycles. The molecule has 4 nitrogen and oxygen atoms in total. The molecule has 118 valence electrons. The number of likely N-dealkylation sites (tertiary alicyclic amines) is 1. The Morgan fingerprint density at radius 2 is 2.05 bits per heavy atom. The molecule has 0 saturated carbocycles. The van der Waals surface area contributed by atoms with Gasteiger partial charge in [0, 0.05) is 24.2 Å². The second-order valence-electron chi connectivity index (χ2n) is 6.05. The van der Waals surface area contributed by atoms with Gasteiger partial charge in [-0.25, -0.2) is 0 Å². The molecule has 1 aliphatic rings. The van der Waals surface area contributed by atoms with Crippen LogP contribution in [0.4, 0.5) is 0 Å². The SMILES string of the molecule is COc1ccc(C(N)CN2CCCC(C)CC2)c(OC)c1. The highest BCUT2D eigenvalue weighted by Gasteiger charge is 2.19. The van der Waals surface area contributed by atoms with E-state index in [2.05, 4.69) is 11.8 Å². The highest BCUT2D eigenvalue weighted by atomic mass is 16.5. The van der Waals surface area contributed by atoms with Gasteiger partial charge in [-0.1, -0.05) is 13.0 Å². The van der Waals surface area contributed by atoms with Gasteiger partial charge < -0.3 is 20.1 Å². The van der Waals surface area contributed by atoms with Gasteiger partial charge in [0.2, 0.25) is 0 Å². The minimum atomic E-state index is -0.0285. The molecule has 1 aliphatic heterocycles. The fourth-order valence-electron chi connectivity index (χ4n) is 3.01. The quantitative estimate of drug-likeness (QED) is 0.906. The van der Waals surface area contributed by atoms with Crippen LogP contribution in [-0.2, 0) is 0 Å². The van der Waals surface area contributed by atoms with E-state index in [1.54, 1.807) is 14.2 Å². The Morgan fingerprint density at radius 1 is 1.24 bits per heavy atom. The van der Waals surface area contributed by atoms with Crippen LogP contribution in [0.15, 0.2) is 18.2 Å². The van der Waals surface area contributed by atoms with Crippen molar-refractivity contribution >= 4 is 0 Å². The minimum Gasteiger partial charge on any atom is -0.497 e. The zero-order valence-corrected chi connectivity index (χ0v) is 13.5. The van der Waals surface area contributed by atoms with Crippen LogP contribution in [0, 0.1) is 5.92 Å². The molecule has 1 aromatic carbocycles. The van der Waals surface area contributed by atoms with Gasteiger partial charge in [0.1, 0.15) is 11.5 Å². The van der Waals surface area contributed by atoms with E-state index in [4.69, 9.17) is 15.2 Å². The van der Waals surface area contributed by atoms with Crippen molar-refractivity contribution in [1.29, 1.82) is 0 Å². The minimum absolute atomic E-state index is 0.0285. The summed E-state index contributed by atoms with van der Waals surface area (Å²) in [5.41, 5.74) is 7.47. The molecule has 0 aromatic heterocycles. The number of hydrogen-bond acceptors (Lipinski definition) is 4. The fourth-order valence-corrected chi connectivity index (χ4v) is 3.01. The molecule has 1 fully saturated rings. The molecule has 1 aromatic rings. The average Bonchev–Trinajstić information content (AvgIpc) is 2.71. The summed E-state index contributed by atoms with van der Waals surface area (Å²) in [5, 5.41) is 0. The molecule has 2 N–H and O–H groups in total. The number of rotatable bonds is 5. The summed E-state index contributed by atoms with van der Waals surface area (Å²) in [6.45, 7) is 5.52. The number of nitrogens with zero attached hydrogens (tertiary/aromatic N) is 1. The standard InChI is InChI=1S/C17H28N2O2/c1-13-5-4-9-19(10-8-13)12-16(18)15-7-6-14(20-2)11-17(15)21-3/h6-7,11,13,16H,4-5,8-10,12,18H2,1-3H3. The van der Waals surface area contributed by atoms with Crippen molar-refractivity contribution < 1.29 is 9.47 Å². The molecule has 4 heteroatoms. The molecule has 0 amide bonds. The predicted molar refractivity (Wildman–Crippen MR) is 85.9 cm³/mol. The molecular weight excluding hydrogens is 264 g/mol. The van der Waals surface area contributed by atoms with Crippen molar-refractivity contribution in [3.05, 3.63) is 23.8 Å². The van der Waals surface area contributed by atoms with Crippen LogP contribution in [-0.4, -0.2) is 38.8 Å². The van der Waals surface area contributed by atoms with Crippen LogP contribution in [0.5, 0.6) is 11.5 Å². The maximum Gasteiger partial charge on any atom is 0.127 e. The zero-order chi connectivity index (χ0) is 15.2. The number of benzene rings is 1. The third kappa shape index (κ3) is 4.35. The van der Waals surface area contributed by atoms with E-state index in [-0.39, 0.29) is 6.04 Å². The maximum atomic E-state index is 6.42. The second kappa shape index (κ2) is 7.66.